The predicted molar refractivity (Wildman–Crippen MR) is 53.8 cm³/mol. The normalized spacial score (nSPS) is 36.2. The number of nitrogens with zero attached hydrogens (tertiary/aromatic N) is 1. The van der Waals surface area contributed by atoms with E-state index in [4.69, 9.17) is 4.74 Å². The lowest BCUT2D eigenvalue weighted by atomic mass is 9.86. The third-order valence-electron chi connectivity index (χ3n) is 3.57. The Hall–Kier alpha value is -0.0800. The maximum atomic E-state index is 5.52. The van der Waals surface area contributed by atoms with E-state index in [0.29, 0.717) is 11.0 Å². The fourth-order valence-corrected chi connectivity index (χ4v) is 2.48. The molecular formula is C11H21NO. The smallest absolute Gasteiger partial charge is 0.0536 e. The molecule has 1 atom stereocenters. The molecule has 0 saturated carbocycles. The number of hydrogen-bond donors (Lipinski definition) is 0. The highest BCUT2D eigenvalue weighted by molar-refractivity contribution is 4.96. The van der Waals surface area contributed by atoms with Gasteiger partial charge in [-0.3, -0.25) is 4.90 Å². The van der Waals surface area contributed by atoms with Crippen LogP contribution in [0.5, 0.6) is 0 Å². The molecule has 2 heterocycles. The van der Waals surface area contributed by atoms with Crippen molar-refractivity contribution in [3.8, 4) is 0 Å². The largest absolute Gasteiger partial charge is 0.381 e. The molecule has 0 aliphatic carbocycles. The molecule has 2 rings (SSSR count). The summed E-state index contributed by atoms with van der Waals surface area (Å²) in [6.45, 7) is 11.4. The van der Waals surface area contributed by atoms with Crippen LogP contribution in [0.3, 0.4) is 0 Å². The number of likely N-dealkylation sites (tertiary alicyclic amines) is 1. The Morgan fingerprint density at radius 1 is 1.23 bits per heavy atom. The van der Waals surface area contributed by atoms with Crippen LogP contribution in [-0.2, 0) is 4.74 Å². The molecule has 0 aromatic heterocycles. The van der Waals surface area contributed by atoms with Crippen molar-refractivity contribution in [2.75, 3.05) is 26.3 Å². The molecule has 2 fully saturated rings. The van der Waals surface area contributed by atoms with E-state index < -0.39 is 0 Å². The van der Waals surface area contributed by atoms with Crippen molar-refractivity contribution in [1.82, 2.24) is 4.90 Å². The SMILES string of the molecule is CC(C)(C)N1CC[C@]2(CCOC2)C1. The Morgan fingerprint density at radius 3 is 2.46 bits per heavy atom. The first kappa shape index (κ1) is 9.47. The Bertz CT molecular complexity index is 189. The standard InChI is InChI=1S/C11H21NO/c1-10(2,3)12-6-4-11(8-12)5-7-13-9-11/h4-9H2,1-3H3/t11-/m0/s1. The zero-order chi connectivity index (χ0) is 9.53. The average Bonchev–Trinajstić information content (AvgIpc) is 2.60. The lowest BCUT2D eigenvalue weighted by Crippen LogP contribution is -2.41. The van der Waals surface area contributed by atoms with Gasteiger partial charge in [0.25, 0.3) is 0 Å². The molecule has 2 nitrogen and oxygen atoms in total. The van der Waals surface area contributed by atoms with Crippen LogP contribution in [0.1, 0.15) is 33.6 Å². The van der Waals surface area contributed by atoms with Crippen molar-refractivity contribution in [2.45, 2.75) is 39.2 Å². The minimum Gasteiger partial charge on any atom is -0.381 e. The van der Waals surface area contributed by atoms with Crippen LogP contribution in [0, 0.1) is 5.41 Å². The molecule has 0 bridgehead atoms. The highest BCUT2D eigenvalue weighted by Gasteiger charge is 2.43. The second-order valence-corrected chi connectivity index (χ2v) is 5.64. The summed E-state index contributed by atoms with van der Waals surface area (Å²) >= 11 is 0. The van der Waals surface area contributed by atoms with E-state index in [1.54, 1.807) is 0 Å². The maximum Gasteiger partial charge on any atom is 0.0536 e. The van der Waals surface area contributed by atoms with Crippen molar-refractivity contribution in [1.29, 1.82) is 0 Å². The van der Waals surface area contributed by atoms with E-state index in [1.807, 2.05) is 0 Å². The van der Waals surface area contributed by atoms with Crippen molar-refractivity contribution in [3.05, 3.63) is 0 Å². The fraction of sp³-hybridized carbons (Fsp3) is 1.00. The molecule has 2 aliphatic heterocycles. The van der Waals surface area contributed by atoms with E-state index >= 15 is 0 Å². The molecule has 0 N–H and O–H groups in total. The summed E-state index contributed by atoms with van der Waals surface area (Å²) in [6, 6.07) is 0. The topological polar surface area (TPSA) is 12.5 Å². The van der Waals surface area contributed by atoms with Gasteiger partial charge in [-0.15, -0.1) is 0 Å². The van der Waals surface area contributed by atoms with Gasteiger partial charge in [0.15, 0.2) is 0 Å². The monoisotopic (exact) mass is 183 g/mol. The molecule has 13 heavy (non-hydrogen) atoms. The minimum atomic E-state index is 0.339. The molecule has 2 saturated heterocycles. The molecule has 1 spiro atoms. The van der Waals surface area contributed by atoms with Gasteiger partial charge < -0.3 is 4.74 Å². The quantitative estimate of drug-likeness (QED) is 0.568. The van der Waals surface area contributed by atoms with Crippen molar-refractivity contribution >= 4 is 0 Å². The van der Waals surface area contributed by atoms with Gasteiger partial charge in [0.1, 0.15) is 0 Å². The Labute approximate surface area is 81.3 Å². The van der Waals surface area contributed by atoms with Crippen LogP contribution in [0.4, 0.5) is 0 Å². The van der Waals surface area contributed by atoms with Gasteiger partial charge in [-0.2, -0.15) is 0 Å². The van der Waals surface area contributed by atoms with Gasteiger partial charge in [0, 0.05) is 24.1 Å². The van der Waals surface area contributed by atoms with E-state index in [-0.39, 0.29) is 0 Å². The summed E-state index contributed by atoms with van der Waals surface area (Å²) in [4.78, 5) is 2.60. The van der Waals surface area contributed by atoms with Gasteiger partial charge in [-0.25, -0.2) is 0 Å². The summed E-state index contributed by atoms with van der Waals surface area (Å²) < 4.78 is 5.52. The first-order chi connectivity index (χ1) is 6.02. The van der Waals surface area contributed by atoms with Crippen LogP contribution in [-0.4, -0.2) is 36.7 Å². The summed E-state index contributed by atoms with van der Waals surface area (Å²) in [5.41, 5.74) is 0.860. The van der Waals surface area contributed by atoms with Crippen molar-refractivity contribution < 1.29 is 4.74 Å². The highest BCUT2D eigenvalue weighted by Crippen LogP contribution is 2.40. The van der Waals surface area contributed by atoms with Crippen LogP contribution in [0.15, 0.2) is 0 Å². The predicted octanol–water partition coefficient (Wildman–Crippen LogP) is 1.90. The zero-order valence-corrected chi connectivity index (χ0v) is 9.10. The molecule has 0 aromatic rings. The van der Waals surface area contributed by atoms with Gasteiger partial charge >= 0.3 is 0 Å². The first-order valence-electron chi connectivity index (χ1n) is 5.35. The Morgan fingerprint density at radius 2 is 2.00 bits per heavy atom. The Kier molecular flexibility index (Phi) is 2.16. The van der Waals surface area contributed by atoms with E-state index in [9.17, 15) is 0 Å². The fourth-order valence-electron chi connectivity index (χ4n) is 2.48. The van der Waals surface area contributed by atoms with Crippen LogP contribution < -0.4 is 0 Å². The molecule has 0 aromatic carbocycles. The van der Waals surface area contributed by atoms with Crippen molar-refractivity contribution in [3.63, 3.8) is 0 Å². The second-order valence-electron chi connectivity index (χ2n) is 5.64. The average molecular weight is 183 g/mol. The molecule has 2 heteroatoms. The van der Waals surface area contributed by atoms with Crippen LogP contribution >= 0.6 is 0 Å². The van der Waals surface area contributed by atoms with Gasteiger partial charge in [-0.1, -0.05) is 0 Å². The number of ether oxygens (including phenoxy) is 1. The minimum absolute atomic E-state index is 0.339. The summed E-state index contributed by atoms with van der Waals surface area (Å²) in [6.07, 6.45) is 2.61. The second kappa shape index (κ2) is 2.96. The molecular weight excluding hydrogens is 162 g/mol. The van der Waals surface area contributed by atoms with E-state index in [2.05, 4.69) is 25.7 Å². The lowest BCUT2D eigenvalue weighted by molar-refractivity contribution is 0.126. The van der Waals surface area contributed by atoms with E-state index in [0.717, 1.165) is 13.2 Å². The van der Waals surface area contributed by atoms with E-state index in [1.165, 1.54) is 25.9 Å². The Balaban J connectivity index is 2.01. The first-order valence-corrected chi connectivity index (χ1v) is 5.35. The molecule has 76 valence electrons. The van der Waals surface area contributed by atoms with Gasteiger partial charge in [-0.05, 0) is 40.2 Å². The van der Waals surface area contributed by atoms with Crippen LogP contribution in [0.25, 0.3) is 0 Å². The molecule has 0 unspecified atom stereocenters. The summed E-state index contributed by atoms with van der Waals surface area (Å²) in [5.74, 6) is 0. The lowest BCUT2D eigenvalue weighted by Gasteiger charge is -2.33. The molecule has 2 aliphatic rings. The number of rotatable bonds is 0. The third kappa shape index (κ3) is 1.75. The van der Waals surface area contributed by atoms with Crippen LogP contribution in [0.2, 0.25) is 0 Å². The zero-order valence-electron chi connectivity index (χ0n) is 9.10. The summed E-state index contributed by atoms with van der Waals surface area (Å²) in [7, 11) is 0. The highest BCUT2D eigenvalue weighted by atomic mass is 16.5. The van der Waals surface area contributed by atoms with Gasteiger partial charge in [0.05, 0.1) is 6.61 Å². The van der Waals surface area contributed by atoms with Gasteiger partial charge in [0.2, 0.25) is 0 Å². The maximum absolute atomic E-state index is 5.52. The summed E-state index contributed by atoms with van der Waals surface area (Å²) in [5, 5.41) is 0. The number of hydrogen-bond acceptors (Lipinski definition) is 2. The molecule has 0 amide bonds. The molecule has 0 radical (unpaired) electrons. The third-order valence-corrected chi connectivity index (χ3v) is 3.57. The van der Waals surface area contributed by atoms with Crippen molar-refractivity contribution in [2.24, 2.45) is 5.41 Å².